The Balaban J connectivity index is 1.60. The van der Waals surface area contributed by atoms with Crippen LogP contribution in [-0.4, -0.2) is 23.5 Å². The van der Waals surface area contributed by atoms with Crippen LogP contribution in [0.1, 0.15) is 17.7 Å². The molecule has 1 aliphatic rings. The molecule has 1 fully saturated rings. The monoisotopic (exact) mass is 320 g/mol. The number of anilines is 1. The summed E-state index contributed by atoms with van der Waals surface area (Å²) in [4.78, 5) is 15.7. The quantitative estimate of drug-likeness (QED) is 0.855. The molecule has 0 atom stereocenters. The number of rotatable bonds is 5. The van der Waals surface area contributed by atoms with Crippen LogP contribution in [0.4, 0.5) is 10.5 Å². The zero-order valence-electron chi connectivity index (χ0n) is 11.6. The van der Waals surface area contributed by atoms with Crippen molar-refractivity contribution >= 4 is 34.7 Å². The highest BCUT2D eigenvalue weighted by atomic mass is 35.5. The first kappa shape index (κ1) is 14.4. The van der Waals surface area contributed by atoms with Gasteiger partial charge in [-0.25, -0.2) is 4.79 Å². The fraction of sp³-hybridized carbons (Fsp3) is 0.312. The lowest BCUT2D eigenvalue weighted by atomic mass is 10.3. The number of nitrogens with one attached hydrogen (secondary N) is 1. The first-order chi connectivity index (χ1) is 10.2. The Morgan fingerprint density at radius 3 is 2.67 bits per heavy atom. The molecule has 5 heteroatoms. The van der Waals surface area contributed by atoms with Crippen LogP contribution in [0.3, 0.4) is 0 Å². The van der Waals surface area contributed by atoms with E-state index in [0.717, 1.165) is 31.5 Å². The molecule has 1 aromatic heterocycles. The number of carbonyl (C=O) groups excluding carboxylic acids is 1. The summed E-state index contributed by atoms with van der Waals surface area (Å²) in [7, 11) is 0. The second-order valence-electron chi connectivity index (χ2n) is 5.19. The predicted molar refractivity (Wildman–Crippen MR) is 88.2 cm³/mol. The molecule has 2 amide bonds. The Kier molecular flexibility index (Phi) is 4.46. The van der Waals surface area contributed by atoms with Gasteiger partial charge in [0.1, 0.15) is 0 Å². The van der Waals surface area contributed by atoms with E-state index in [9.17, 15) is 4.79 Å². The molecule has 0 aliphatic heterocycles. The van der Waals surface area contributed by atoms with Gasteiger partial charge in [-0.3, -0.25) is 0 Å². The summed E-state index contributed by atoms with van der Waals surface area (Å²) >= 11 is 7.60. The number of benzene rings is 1. The molecule has 0 bridgehead atoms. The minimum atomic E-state index is -0.0172. The van der Waals surface area contributed by atoms with Crippen molar-refractivity contribution in [1.29, 1.82) is 0 Å². The van der Waals surface area contributed by atoms with E-state index in [0.29, 0.717) is 11.1 Å². The summed E-state index contributed by atoms with van der Waals surface area (Å²) in [5.41, 5.74) is 0.783. The van der Waals surface area contributed by atoms with Crippen molar-refractivity contribution in [2.45, 2.75) is 25.3 Å². The number of hydrogen-bond acceptors (Lipinski definition) is 2. The van der Waals surface area contributed by atoms with Crippen molar-refractivity contribution in [2.24, 2.45) is 0 Å². The largest absolute Gasteiger partial charge is 0.322 e. The number of halogens is 1. The number of amides is 2. The maximum Gasteiger partial charge on any atom is 0.322 e. The fourth-order valence-corrected chi connectivity index (χ4v) is 3.07. The summed E-state index contributed by atoms with van der Waals surface area (Å²) in [5.74, 6) is 0. The van der Waals surface area contributed by atoms with Gasteiger partial charge in [0.25, 0.3) is 0 Å². The van der Waals surface area contributed by atoms with Crippen molar-refractivity contribution in [3.63, 3.8) is 0 Å². The molecule has 3 nitrogen and oxygen atoms in total. The molecule has 3 rings (SSSR count). The summed E-state index contributed by atoms with van der Waals surface area (Å²) in [6.45, 7) is 0.768. The molecular weight excluding hydrogens is 304 g/mol. The predicted octanol–water partition coefficient (Wildman–Crippen LogP) is 4.64. The van der Waals surface area contributed by atoms with E-state index in [1.807, 2.05) is 17.0 Å². The van der Waals surface area contributed by atoms with Gasteiger partial charge < -0.3 is 10.2 Å². The lowest BCUT2D eigenvalue weighted by Gasteiger charge is -2.22. The van der Waals surface area contributed by atoms with Crippen molar-refractivity contribution in [2.75, 3.05) is 11.9 Å². The molecule has 1 saturated carbocycles. The normalized spacial score (nSPS) is 14.0. The van der Waals surface area contributed by atoms with Crippen molar-refractivity contribution in [3.05, 3.63) is 51.7 Å². The molecule has 0 unspecified atom stereocenters. The Labute approximate surface area is 133 Å². The smallest absolute Gasteiger partial charge is 0.321 e. The van der Waals surface area contributed by atoms with Crippen LogP contribution in [0, 0.1) is 0 Å². The molecular formula is C16H17ClN2OS. The maximum atomic E-state index is 12.4. The molecule has 21 heavy (non-hydrogen) atoms. The van der Waals surface area contributed by atoms with E-state index in [-0.39, 0.29) is 6.03 Å². The summed E-state index contributed by atoms with van der Waals surface area (Å²) in [6, 6.07) is 11.8. The third kappa shape index (κ3) is 3.99. The highest BCUT2D eigenvalue weighted by molar-refractivity contribution is 7.09. The minimum absolute atomic E-state index is 0.0172. The Hall–Kier alpha value is -1.52. The zero-order chi connectivity index (χ0) is 14.7. The van der Waals surface area contributed by atoms with Gasteiger partial charge in [-0.1, -0.05) is 17.7 Å². The average molecular weight is 321 g/mol. The van der Waals surface area contributed by atoms with Crippen LogP contribution in [0.25, 0.3) is 0 Å². The lowest BCUT2D eigenvalue weighted by molar-refractivity contribution is 0.209. The molecule has 2 aromatic rings. The number of nitrogens with zero attached hydrogens (tertiary/aromatic N) is 1. The van der Waals surface area contributed by atoms with Crippen molar-refractivity contribution in [1.82, 2.24) is 4.90 Å². The molecule has 0 radical (unpaired) electrons. The second-order valence-corrected chi connectivity index (χ2v) is 6.66. The Bertz CT molecular complexity index is 593. The van der Waals surface area contributed by atoms with E-state index < -0.39 is 0 Å². The SMILES string of the molecule is O=C(Nc1ccc(Cl)cc1)N(CCc1cccs1)C1CC1. The first-order valence-electron chi connectivity index (χ1n) is 7.08. The van der Waals surface area contributed by atoms with E-state index in [1.165, 1.54) is 4.88 Å². The number of carbonyl (C=O) groups is 1. The van der Waals surface area contributed by atoms with Gasteiger partial charge in [0.05, 0.1) is 0 Å². The van der Waals surface area contributed by atoms with E-state index in [4.69, 9.17) is 11.6 Å². The van der Waals surface area contributed by atoms with Crippen molar-refractivity contribution < 1.29 is 4.79 Å². The molecule has 1 aromatic carbocycles. The molecule has 1 N–H and O–H groups in total. The zero-order valence-corrected chi connectivity index (χ0v) is 13.2. The van der Waals surface area contributed by atoms with Gasteiger partial charge >= 0.3 is 6.03 Å². The highest BCUT2D eigenvalue weighted by Gasteiger charge is 2.32. The Morgan fingerprint density at radius 2 is 2.05 bits per heavy atom. The van der Waals surface area contributed by atoms with Gasteiger partial charge in [-0.05, 0) is 55.0 Å². The summed E-state index contributed by atoms with van der Waals surface area (Å²) in [6.07, 6.45) is 3.14. The topological polar surface area (TPSA) is 32.3 Å². The molecule has 110 valence electrons. The first-order valence-corrected chi connectivity index (χ1v) is 8.34. The van der Waals surface area contributed by atoms with E-state index >= 15 is 0 Å². The number of hydrogen-bond donors (Lipinski definition) is 1. The third-order valence-corrected chi connectivity index (χ3v) is 4.71. The van der Waals surface area contributed by atoms with Gasteiger partial charge in [0.15, 0.2) is 0 Å². The summed E-state index contributed by atoms with van der Waals surface area (Å²) < 4.78 is 0. The van der Waals surface area contributed by atoms with Gasteiger partial charge in [-0.2, -0.15) is 0 Å². The van der Waals surface area contributed by atoms with Gasteiger partial charge in [-0.15, -0.1) is 11.3 Å². The van der Waals surface area contributed by atoms with Gasteiger partial charge in [0, 0.05) is 28.2 Å². The van der Waals surface area contributed by atoms with Crippen LogP contribution in [0.5, 0.6) is 0 Å². The van der Waals surface area contributed by atoms with Crippen LogP contribution in [0.15, 0.2) is 41.8 Å². The fourth-order valence-electron chi connectivity index (χ4n) is 2.25. The summed E-state index contributed by atoms with van der Waals surface area (Å²) in [5, 5.41) is 5.70. The second kappa shape index (κ2) is 6.50. The highest BCUT2D eigenvalue weighted by Crippen LogP contribution is 2.28. The van der Waals surface area contributed by atoms with Crippen LogP contribution in [-0.2, 0) is 6.42 Å². The molecule has 0 spiro atoms. The standard InChI is InChI=1S/C16H17ClN2OS/c17-12-3-5-13(6-4-12)18-16(20)19(14-7-8-14)10-9-15-2-1-11-21-15/h1-6,11,14H,7-10H2,(H,18,20). The number of thiophene rings is 1. The molecule has 1 heterocycles. The van der Waals surface area contributed by atoms with Crippen LogP contribution >= 0.6 is 22.9 Å². The average Bonchev–Trinajstić information content (AvgIpc) is 3.17. The molecule has 1 aliphatic carbocycles. The maximum absolute atomic E-state index is 12.4. The minimum Gasteiger partial charge on any atom is -0.321 e. The van der Waals surface area contributed by atoms with Gasteiger partial charge in [0.2, 0.25) is 0 Å². The lowest BCUT2D eigenvalue weighted by Crippen LogP contribution is -2.38. The Morgan fingerprint density at radius 1 is 1.29 bits per heavy atom. The van der Waals surface area contributed by atoms with E-state index in [2.05, 4.69) is 22.8 Å². The van der Waals surface area contributed by atoms with E-state index in [1.54, 1.807) is 23.5 Å². The van der Waals surface area contributed by atoms with Crippen LogP contribution < -0.4 is 5.32 Å². The molecule has 0 saturated heterocycles. The third-order valence-electron chi connectivity index (χ3n) is 3.52. The number of urea groups is 1. The van der Waals surface area contributed by atoms with Crippen molar-refractivity contribution in [3.8, 4) is 0 Å². The van der Waals surface area contributed by atoms with Crippen LogP contribution in [0.2, 0.25) is 5.02 Å².